The minimum absolute atomic E-state index is 0.250. The van der Waals surface area contributed by atoms with Crippen LogP contribution in [0.2, 0.25) is 5.15 Å². The minimum Gasteiger partial charge on any atom is -0.375 e. The molecule has 0 saturated carbocycles. The molecule has 0 amide bonds. The summed E-state index contributed by atoms with van der Waals surface area (Å²) in [5, 5.41) is 6.00. The maximum absolute atomic E-state index is 6.06. The van der Waals surface area contributed by atoms with Crippen molar-refractivity contribution < 1.29 is 0 Å². The Hall–Kier alpha value is -1.06. The number of anilines is 1. The topological polar surface area (TPSA) is 24.9 Å². The number of thiophene rings is 1. The molecule has 1 atom stereocenters. The Balaban J connectivity index is 2.21. The van der Waals surface area contributed by atoms with Gasteiger partial charge in [0.15, 0.2) is 5.15 Å². The van der Waals surface area contributed by atoms with Crippen LogP contribution in [0, 0.1) is 6.92 Å². The Labute approximate surface area is 104 Å². The van der Waals surface area contributed by atoms with Crippen LogP contribution in [0.15, 0.2) is 29.8 Å². The van der Waals surface area contributed by atoms with Gasteiger partial charge in [0.2, 0.25) is 0 Å². The third kappa shape index (κ3) is 2.36. The SMILES string of the molecule is Cc1ccnc(Cl)c1NC(C)c1cccs1. The van der Waals surface area contributed by atoms with E-state index in [1.54, 1.807) is 17.5 Å². The second-order valence-corrected chi connectivity index (χ2v) is 5.01. The molecule has 16 heavy (non-hydrogen) atoms. The van der Waals surface area contributed by atoms with E-state index in [4.69, 9.17) is 11.6 Å². The van der Waals surface area contributed by atoms with Gasteiger partial charge >= 0.3 is 0 Å². The smallest absolute Gasteiger partial charge is 0.152 e. The number of rotatable bonds is 3. The Morgan fingerprint density at radius 2 is 2.25 bits per heavy atom. The highest BCUT2D eigenvalue weighted by Crippen LogP contribution is 2.28. The zero-order chi connectivity index (χ0) is 11.5. The molecular weight excluding hydrogens is 240 g/mol. The van der Waals surface area contributed by atoms with Crippen LogP contribution in [-0.4, -0.2) is 4.98 Å². The molecule has 84 valence electrons. The van der Waals surface area contributed by atoms with Crippen molar-refractivity contribution in [2.45, 2.75) is 19.9 Å². The van der Waals surface area contributed by atoms with Gasteiger partial charge in [-0.3, -0.25) is 0 Å². The fraction of sp³-hybridized carbons (Fsp3) is 0.250. The van der Waals surface area contributed by atoms with Crippen molar-refractivity contribution in [3.8, 4) is 0 Å². The largest absolute Gasteiger partial charge is 0.375 e. The molecule has 1 unspecified atom stereocenters. The lowest BCUT2D eigenvalue weighted by Gasteiger charge is -2.16. The zero-order valence-electron chi connectivity index (χ0n) is 9.20. The molecule has 0 radical (unpaired) electrons. The molecule has 0 aromatic carbocycles. The van der Waals surface area contributed by atoms with E-state index in [-0.39, 0.29) is 6.04 Å². The third-order valence-electron chi connectivity index (χ3n) is 2.44. The zero-order valence-corrected chi connectivity index (χ0v) is 10.8. The molecule has 2 aromatic heterocycles. The van der Waals surface area contributed by atoms with Crippen molar-refractivity contribution in [3.63, 3.8) is 0 Å². The number of halogens is 1. The summed E-state index contributed by atoms with van der Waals surface area (Å²) in [6, 6.07) is 6.37. The van der Waals surface area contributed by atoms with Crippen LogP contribution >= 0.6 is 22.9 Å². The molecule has 0 fully saturated rings. The van der Waals surface area contributed by atoms with Gasteiger partial charge in [-0.15, -0.1) is 11.3 Å². The third-order valence-corrected chi connectivity index (χ3v) is 3.79. The molecule has 0 spiro atoms. The Bertz CT molecular complexity index is 448. The second kappa shape index (κ2) is 4.85. The number of hydrogen-bond donors (Lipinski definition) is 1. The van der Waals surface area contributed by atoms with Crippen LogP contribution < -0.4 is 5.32 Å². The molecular formula is C12H13ClN2S. The lowest BCUT2D eigenvalue weighted by molar-refractivity contribution is 0.903. The molecule has 0 aliphatic carbocycles. The number of pyridine rings is 1. The maximum atomic E-state index is 6.06. The van der Waals surface area contributed by atoms with Crippen molar-refractivity contribution >= 4 is 28.6 Å². The molecule has 2 aromatic rings. The molecule has 4 heteroatoms. The monoisotopic (exact) mass is 252 g/mol. The average molecular weight is 253 g/mol. The first-order valence-corrected chi connectivity index (χ1v) is 6.35. The number of nitrogens with one attached hydrogen (secondary N) is 1. The number of aryl methyl sites for hydroxylation is 1. The van der Waals surface area contributed by atoms with Gasteiger partial charge in [0.1, 0.15) is 0 Å². The first-order valence-electron chi connectivity index (χ1n) is 5.09. The molecule has 0 aliphatic rings. The van der Waals surface area contributed by atoms with Gasteiger partial charge in [0.25, 0.3) is 0 Å². The summed E-state index contributed by atoms with van der Waals surface area (Å²) in [7, 11) is 0. The van der Waals surface area contributed by atoms with Crippen LogP contribution in [0.4, 0.5) is 5.69 Å². The molecule has 1 N–H and O–H groups in total. The summed E-state index contributed by atoms with van der Waals surface area (Å²) >= 11 is 7.80. The van der Waals surface area contributed by atoms with Crippen LogP contribution in [0.3, 0.4) is 0 Å². The van der Waals surface area contributed by atoms with E-state index in [0.29, 0.717) is 5.15 Å². The highest BCUT2D eigenvalue weighted by molar-refractivity contribution is 7.10. The van der Waals surface area contributed by atoms with Crippen LogP contribution in [-0.2, 0) is 0 Å². The van der Waals surface area contributed by atoms with E-state index >= 15 is 0 Å². The van der Waals surface area contributed by atoms with Crippen molar-refractivity contribution in [1.29, 1.82) is 0 Å². The van der Waals surface area contributed by atoms with Gasteiger partial charge in [0, 0.05) is 11.1 Å². The van der Waals surface area contributed by atoms with Crippen molar-refractivity contribution in [2.75, 3.05) is 5.32 Å². The van der Waals surface area contributed by atoms with Crippen LogP contribution in [0.5, 0.6) is 0 Å². The van der Waals surface area contributed by atoms with E-state index in [1.807, 2.05) is 13.0 Å². The van der Waals surface area contributed by atoms with Gasteiger partial charge in [0.05, 0.1) is 11.7 Å². The Morgan fingerprint density at radius 1 is 1.44 bits per heavy atom. The van der Waals surface area contributed by atoms with Crippen molar-refractivity contribution in [3.05, 3.63) is 45.4 Å². The predicted molar refractivity (Wildman–Crippen MR) is 70.3 cm³/mol. The van der Waals surface area contributed by atoms with Gasteiger partial charge in [-0.25, -0.2) is 4.98 Å². The molecule has 2 rings (SSSR count). The summed E-state index contributed by atoms with van der Waals surface area (Å²) in [4.78, 5) is 5.37. The van der Waals surface area contributed by atoms with Crippen LogP contribution in [0.1, 0.15) is 23.4 Å². The Kier molecular flexibility index (Phi) is 3.46. The van der Waals surface area contributed by atoms with E-state index in [9.17, 15) is 0 Å². The Morgan fingerprint density at radius 3 is 2.88 bits per heavy atom. The fourth-order valence-corrected chi connectivity index (χ4v) is 2.52. The molecule has 0 aliphatic heterocycles. The highest BCUT2D eigenvalue weighted by atomic mass is 35.5. The number of nitrogens with zero attached hydrogens (tertiary/aromatic N) is 1. The average Bonchev–Trinajstić information content (AvgIpc) is 2.76. The van der Waals surface area contributed by atoms with E-state index in [0.717, 1.165) is 11.3 Å². The molecule has 2 heterocycles. The predicted octanol–water partition coefficient (Wildman–Crippen LogP) is 4.28. The van der Waals surface area contributed by atoms with Gasteiger partial charge < -0.3 is 5.32 Å². The summed E-state index contributed by atoms with van der Waals surface area (Å²) in [6.45, 7) is 4.14. The summed E-state index contributed by atoms with van der Waals surface area (Å²) in [6.07, 6.45) is 1.72. The van der Waals surface area contributed by atoms with Crippen molar-refractivity contribution in [2.24, 2.45) is 0 Å². The van der Waals surface area contributed by atoms with E-state index in [1.165, 1.54) is 4.88 Å². The first-order chi connectivity index (χ1) is 7.68. The number of aromatic nitrogens is 1. The summed E-state index contributed by atoms with van der Waals surface area (Å²) in [5.74, 6) is 0. The second-order valence-electron chi connectivity index (χ2n) is 3.68. The quantitative estimate of drug-likeness (QED) is 0.825. The van der Waals surface area contributed by atoms with Gasteiger partial charge in [-0.05, 0) is 36.9 Å². The number of hydrogen-bond acceptors (Lipinski definition) is 3. The lowest BCUT2D eigenvalue weighted by Crippen LogP contribution is -2.07. The van der Waals surface area contributed by atoms with E-state index in [2.05, 4.69) is 34.7 Å². The first kappa shape index (κ1) is 11.4. The molecule has 0 saturated heterocycles. The normalized spacial score (nSPS) is 12.4. The summed E-state index contributed by atoms with van der Waals surface area (Å²) < 4.78 is 0. The van der Waals surface area contributed by atoms with Gasteiger partial charge in [-0.2, -0.15) is 0 Å². The van der Waals surface area contributed by atoms with E-state index < -0.39 is 0 Å². The van der Waals surface area contributed by atoms with Crippen LogP contribution in [0.25, 0.3) is 0 Å². The fourth-order valence-electron chi connectivity index (χ4n) is 1.52. The highest BCUT2D eigenvalue weighted by Gasteiger charge is 2.10. The maximum Gasteiger partial charge on any atom is 0.152 e. The standard InChI is InChI=1S/C12H13ClN2S/c1-8-5-6-14-12(13)11(8)15-9(2)10-4-3-7-16-10/h3-7,9,15H,1-2H3. The minimum atomic E-state index is 0.250. The molecule has 0 bridgehead atoms. The van der Waals surface area contributed by atoms with Crippen molar-refractivity contribution in [1.82, 2.24) is 4.98 Å². The lowest BCUT2D eigenvalue weighted by atomic mass is 10.2. The molecule has 2 nitrogen and oxygen atoms in total. The summed E-state index contributed by atoms with van der Waals surface area (Å²) in [5.41, 5.74) is 2.04. The van der Waals surface area contributed by atoms with Gasteiger partial charge in [-0.1, -0.05) is 17.7 Å².